The Morgan fingerprint density at radius 3 is 2.35 bits per heavy atom. The van der Waals surface area contributed by atoms with E-state index in [9.17, 15) is 0 Å². The summed E-state index contributed by atoms with van der Waals surface area (Å²) in [5.41, 5.74) is 13.7. The van der Waals surface area contributed by atoms with Gasteiger partial charge in [-0.15, -0.1) is 0 Å². The number of imidazole rings is 2. The van der Waals surface area contributed by atoms with Crippen LogP contribution in [0.3, 0.4) is 0 Å². The van der Waals surface area contributed by atoms with Crippen LogP contribution in [0.1, 0.15) is 30.1 Å². The Bertz CT molecular complexity index is 1890. The first-order valence-corrected chi connectivity index (χ1v) is 15.3. The highest BCUT2D eigenvalue weighted by Gasteiger charge is 2.38. The van der Waals surface area contributed by atoms with Gasteiger partial charge in [-0.3, -0.25) is 9.30 Å². The zero-order valence-corrected chi connectivity index (χ0v) is 24.5. The Labute approximate surface area is 251 Å². The Morgan fingerprint density at radius 1 is 0.837 bits per heavy atom. The summed E-state index contributed by atoms with van der Waals surface area (Å²) >= 11 is 0. The predicted molar refractivity (Wildman–Crippen MR) is 172 cm³/mol. The quantitative estimate of drug-likeness (QED) is 0.284. The smallest absolute Gasteiger partial charge is 0.150 e. The van der Waals surface area contributed by atoms with Crippen molar-refractivity contribution in [2.24, 2.45) is 0 Å². The van der Waals surface area contributed by atoms with Crippen LogP contribution < -0.4 is 5.73 Å². The van der Waals surface area contributed by atoms with Gasteiger partial charge in [-0.1, -0.05) is 66.7 Å². The van der Waals surface area contributed by atoms with E-state index in [0.717, 1.165) is 90.6 Å². The van der Waals surface area contributed by atoms with Crippen LogP contribution in [0.2, 0.25) is 0 Å². The van der Waals surface area contributed by atoms with Crippen molar-refractivity contribution in [1.29, 1.82) is 0 Å². The van der Waals surface area contributed by atoms with Gasteiger partial charge in [-0.25, -0.2) is 15.0 Å². The lowest BCUT2D eigenvalue weighted by Gasteiger charge is -2.45. The predicted octanol–water partition coefficient (Wildman–Crippen LogP) is 5.54. The maximum absolute atomic E-state index is 6.52. The third-order valence-corrected chi connectivity index (χ3v) is 9.38. The normalized spacial score (nSPS) is 19.7. The summed E-state index contributed by atoms with van der Waals surface area (Å²) in [6.07, 6.45) is 6.07. The first-order chi connectivity index (χ1) is 21.1. The molecular formula is C35H36N8. The maximum atomic E-state index is 6.52. The number of fused-ring (bicyclic) bond motifs is 2. The molecule has 8 heteroatoms. The van der Waals surface area contributed by atoms with E-state index in [1.807, 2.05) is 12.3 Å². The second-order valence-electron chi connectivity index (χ2n) is 12.1. The fourth-order valence-corrected chi connectivity index (χ4v) is 6.87. The van der Waals surface area contributed by atoms with Crippen molar-refractivity contribution in [3.8, 4) is 22.6 Å². The van der Waals surface area contributed by atoms with Crippen LogP contribution in [0, 0.1) is 0 Å². The molecule has 6 aromatic rings. The number of benzene rings is 3. The highest BCUT2D eigenvalue weighted by Crippen LogP contribution is 2.42. The summed E-state index contributed by atoms with van der Waals surface area (Å²) in [5.74, 6) is 2.96. The number of hydrogen-bond acceptors (Lipinski definition) is 6. The van der Waals surface area contributed by atoms with Gasteiger partial charge in [0.1, 0.15) is 28.7 Å². The molecule has 0 radical (unpaired) electrons. The number of piperazine rings is 1. The fourth-order valence-electron chi connectivity index (χ4n) is 6.87. The molecule has 1 saturated carbocycles. The van der Waals surface area contributed by atoms with Crippen LogP contribution in [0.5, 0.6) is 0 Å². The molecule has 1 aliphatic carbocycles. The minimum Gasteiger partial charge on any atom is -0.382 e. The van der Waals surface area contributed by atoms with Crippen LogP contribution in [0.4, 0.5) is 5.82 Å². The monoisotopic (exact) mass is 568 g/mol. The molecule has 8 rings (SSSR count). The minimum absolute atomic E-state index is 0.409. The molecule has 43 heavy (non-hydrogen) atoms. The van der Waals surface area contributed by atoms with E-state index in [1.54, 1.807) is 6.20 Å². The zero-order valence-electron chi connectivity index (χ0n) is 24.5. The van der Waals surface area contributed by atoms with E-state index in [4.69, 9.17) is 15.7 Å². The second-order valence-corrected chi connectivity index (χ2v) is 12.1. The van der Waals surface area contributed by atoms with E-state index in [2.05, 4.69) is 104 Å². The molecule has 2 aliphatic rings. The van der Waals surface area contributed by atoms with E-state index in [1.165, 1.54) is 5.56 Å². The van der Waals surface area contributed by atoms with E-state index in [-0.39, 0.29) is 0 Å². The summed E-state index contributed by atoms with van der Waals surface area (Å²) in [5, 5.41) is 0. The maximum Gasteiger partial charge on any atom is 0.150 e. The summed E-state index contributed by atoms with van der Waals surface area (Å²) in [7, 11) is 2.21. The molecule has 0 atom stereocenters. The number of nitrogens with zero attached hydrogens (tertiary/aromatic N) is 7. The van der Waals surface area contributed by atoms with Gasteiger partial charge in [0, 0.05) is 68.2 Å². The van der Waals surface area contributed by atoms with Crippen molar-refractivity contribution >= 4 is 22.4 Å². The van der Waals surface area contributed by atoms with Gasteiger partial charge in [-0.05, 0) is 37.6 Å². The van der Waals surface area contributed by atoms with Gasteiger partial charge in [0.05, 0.1) is 11.0 Å². The average Bonchev–Trinajstić information content (AvgIpc) is 3.58. The van der Waals surface area contributed by atoms with Gasteiger partial charge < -0.3 is 15.2 Å². The molecule has 4 heterocycles. The number of anilines is 1. The molecule has 0 unspecified atom stereocenters. The molecule has 1 aliphatic heterocycles. The van der Waals surface area contributed by atoms with Crippen molar-refractivity contribution in [3.05, 3.63) is 103 Å². The number of rotatable bonds is 6. The van der Waals surface area contributed by atoms with Gasteiger partial charge >= 0.3 is 0 Å². The SMILES string of the molecule is CN1CCN([C@H]2C[C@@H](c3nc(-c4ccc5c(c4)nc(-c4ccccc4)n5Cc4ccccc4)c4c(N)nccn43)C2)CC1. The lowest BCUT2D eigenvalue weighted by Crippen LogP contribution is -2.52. The second kappa shape index (κ2) is 10.6. The minimum atomic E-state index is 0.409. The highest BCUT2D eigenvalue weighted by molar-refractivity contribution is 5.91. The Kier molecular flexibility index (Phi) is 6.46. The van der Waals surface area contributed by atoms with Crippen molar-refractivity contribution in [1.82, 2.24) is 33.7 Å². The summed E-state index contributed by atoms with van der Waals surface area (Å²) in [6.45, 7) is 5.34. The summed E-state index contributed by atoms with van der Waals surface area (Å²) < 4.78 is 4.49. The number of aromatic nitrogens is 5. The Hall–Kier alpha value is -4.53. The van der Waals surface area contributed by atoms with Crippen LogP contribution >= 0.6 is 0 Å². The lowest BCUT2D eigenvalue weighted by molar-refractivity contribution is 0.0586. The van der Waals surface area contributed by atoms with Crippen molar-refractivity contribution in [2.75, 3.05) is 39.0 Å². The largest absolute Gasteiger partial charge is 0.382 e. The standard InChI is InChI=1S/C35H36N8/c1-40-16-18-41(19-17-40)28-20-27(21-28)35-39-31(32-33(36)37-14-15-42(32)35)26-12-13-30-29(22-26)38-34(25-10-6-3-7-11-25)43(30)23-24-8-4-2-5-9-24/h2-15,22,27-28H,16-21,23H2,1H3,(H2,36,37)/t27-,28+. The topological polar surface area (TPSA) is 80.5 Å². The molecule has 3 aromatic heterocycles. The molecule has 0 spiro atoms. The molecule has 0 amide bonds. The fraction of sp³-hybridized carbons (Fsp3) is 0.286. The van der Waals surface area contributed by atoms with Crippen LogP contribution in [0.25, 0.3) is 39.2 Å². The van der Waals surface area contributed by atoms with Gasteiger partial charge in [0.25, 0.3) is 0 Å². The molecule has 1 saturated heterocycles. The lowest BCUT2D eigenvalue weighted by atomic mass is 9.78. The van der Waals surface area contributed by atoms with Gasteiger partial charge in [-0.2, -0.15) is 0 Å². The molecule has 3 aromatic carbocycles. The zero-order chi connectivity index (χ0) is 28.9. The highest BCUT2D eigenvalue weighted by atomic mass is 15.3. The third kappa shape index (κ3) is 4.67. The average molecular weight is 569 g/mol. The molecule has 2 N–H and O–H groups in total. The molecular weight excluding hydrogens is 532 g/mol. The number of likely N-dealkylation sites (N-methyl/N-ethyl adjacent to an activating group) is 1. The molecule has 216 valence electrons. The van der Waals surface area contributed by atoms with E-state index >= 15 is 0 Å². The Balaban J connectivity index is 1.18. The Morgan fingerprint density at radius 2 is 1.58 bits per heavy atom. The number of hydrogen-bond donors (Lipinski definition) is 1. The van der Waals surface area contributed by atoms with Crippen molar-refractivity contribution in [2.45, 2.75) is 31.3 Å². The van der Waals surface area contributed by atoms with Gasteiger partial charge in [0.2, 0.25) is 0 Å². The van der Waals surface area contributed by atoms with Crippen molar-refractivity contribution < 1.29 is 0 Å². The van der Waals surface area contributed by atoms with E-state index in [0.29, 0.717) is 17.8 Å². The summed E-state index contributed by atoms with van der Waals surface area (Å²) in [6, 6.07) is 28.1. The molecule has 8 nitrogen and oxygen atoms in total. The van der Waals surface area contributed by atoms with Crippen LogP contribution in [-0.4, -0.2) is 73.0 Å². The third-order valence-electron chi connectivity index (χ3n) is 9.38. The molecule has 0 bridgehead atoms. The first-order valence-electron chi connectivity index (χ1n) is 15.3. The summed E-state index contributed by atoms with van der Waals surface area (Å²) in [4.78, 5) is 20.0. The van der Waals surface area contributed by atoms with Crippen LogP contribution in [0.15, 0.2) is 91.3 Å². The van der Waals surface area contributed by atoms with Crippen molar-refractivity contribution in [3.63, 3.8) is 0 Å². The van der Waals surface area contributed by atoms with Gasteiger partial charge in [0.15, 0.2) is 0 Å². The van der Waals surface area contributed by atoms with Crippen LogP contribution in [-0.2, 0) is 6.54 Å². The molecule has 2 fully saturated rings. The number of nitrogen functional groups attached to an aromatic ring is 1. The van der Waals surface area contributed by atoms with E-state index < -0.39 is 0 Å². The first kappa shape index (κ1) is 26.1. The number of nitrogens with two attached hydrogens (primary N) is 1.